The highest BCUT2D eigenvalue weighted by Gasteiger charge is 2.13. The van der Waals surface area contributed by atoms with E-state index in [1.54, 1.807) is 11.8 Å². The summed E-state index contributed by atoms with van der Waals surface area (Å²) in [6, 6.07) is 17.2. The minimum Gasteiger partial charge on any atom is -0.298 e. The Morgan fingerprint density at radius 1 is 1.12 bits per heavy atom. The highest BCUT2D eigenvalue weighted by molar-refractivity contribution is 7.98. The minimum absolute atomic E-state index is 0.626. The molecule has 0 radical (unpaired) electrons. The van der Waals surface area contributed by atoms with Crippen molar-refractivity contribution in [2.45, 2.75) is 17.5 Å². The number of allylic oxidation sites excluding steroid dienone is 1. The molecule has 0 unspecified atom stereocenters. The second-order valence-electron chi connectivity index (χ2n) is 5.31. The molecular weight excluding hydrogens is 352 g/mol. The van der Waals surface area contributed by atoms with Crippen molar-refractivity contribution in [3.05, 3.63) is 77.3 Å². The number of nitrogens with zero attached hydrogens (tertiary/aromatic N) is 4. The van der Waals surface area contributed by atoms with Crippen molar-refractivity contribution < 1.29 is 0 Å². The lowest BCUT2D eigenvalue weighted by Gasteiger charge is -2.08. The van der Waals surface area contributed by atoms with Crippen LogP contribution in [0.3, 0.4) is 0 Å². The SMILES string of the molecule is C=CCn1c(SCc2ccc(C#N)cc2)nnc1-c1ccc(Cl)cc1. The number of thioether (sulfide) groups is 1. The van der Waals surface area contributed by atoms with Gasteiger partial charge in [0.2, 0.25) is 0 Å². The van der Waals surface area contributed by atoms with Crippen molar-refractivity contribution in [2.24, 2.45) is 0 Å². The normalized spacial score (nSPS) is 10.4. The molecule has 0 bridgehead atoms. The number of aromatic nitrogens is 3. The second-order valence-corrected chi connectivity index (χ2v) is 6.69. The maximum absolute atomic E-state index is 8.87. The molecule has 1 aromatic heterocycles. The van der Waals surface area contributed by atoms with Crippen molar-refractivity contribution in [1.29, 1.82) is 5.26 Å². The zero-order valence-corrected chi connectivity index (χ0v) is 15.0. The van der Waals surface area contributed by atoms with Gasteiger partial charge in [-0.2, -0.15) is 5.26 Å². The Labute approximate surface area is 155 Å². The summed E-state index contributed by atoms with van der Waals surface area (Å²) in [7, 11) is 0. The fourth-order valence-electron chi connectivity index (χ4n) is 2.33. The molecule has 4 nitrogen and oxygen atoms in total. The molecule has 2 aromatic carbocycles. The van der Waals surface area contributed by atoms with Crippen LogP contribution in [0.5, 0.6) is 0 Å². The van der Waals surface area contributed by atoms with Crippen LogP contribution in [0.15, 0.2) is 66.3 Å². The molecule has 0 spiro atoms. The fraction of sp³-hybridized carbons (Fsp3) is 0.105. The average molecular weight is 367 g/mol. The number of benzene rings is 2. The summed E-state index contributed by atoms with van der Waals surface area (Å²) in [5, 5.41) is 19.0. The third-order valence-corrected chi connectivity index (χ3v) is 4.87. The molecule has 6 heteroatoms. The van der Waals surface area contributed by atoms with Gasteiger partial charge in [-0.25, -0.2) is 0 Å². The van der Waals surface area contributed by atoms with Crippen LogP contribution in [0.1, 0.15) is 11.1 Å². The second kappa shape index (κ2) is 8.02. The quantitative estimate of drug-likeness (QED) is 0.457. The first kappa shape index (κ1) is 17.3. The van der Waals surface area contributed by atoms with Crippen molar-refractivity contribution in [1.82, 2.24) is 14.8 Å². The molecular formula is C19H15ClN4S. The Morgan fingerprint density at radius 3 is 2.48 bits per heavy atom. The monoisotopic (exact) mass is 366 g/mol. The van der Waals surface area contributed by atoms with Gasteiger partial charge in [0.05, 0.1) is 11.6 Å². The average Bonchev–Trinajstić information content (AvgIpc) is 3.04. The molecule has 0 N–H and O–H groups in total. The Morgan fingerprint density at radius 2 is 1.84 bits per heavy atom. The molecule has 25 heavy (non-hydrogen) atoms. The van der Waals surface area contributed by atoms with E-state index in [1.165, 1.54) is 0 Å². The zero-order chi connectivity index (χ0) is 17.6. The predicted octanol–water partition coefficient (Wildman–Crippen LogP) is 4.95. The maximum Gasteiger partial charge on any atom is 0.192 e. The Hall–Kier alpha value is -2.55. The van der Waals surface area contributed by atoms with Gasteiger partial charge < -0.3 is 0 Å². The summed E-state index contributed by atoms with van der Waals surface area (Å²) < 4.78 is 2.03. The largest absolute Gasteiger partial charge is 0.298 e. The molecule has 0 saturated heterocycles. The van der Waals surface area contributed by atoms with E-state index in [4.69, 9.17) is 16.9 Å². The van der Waals surface area contributed by atoms with Gasteiger partial charge >= 0.3 is 0 Å². The smallest absolute Gasteiger partial charge is 0.192 e. The first-order valence-corrected chi connectivity index (χ1v) is 8.99. The van der Waals surface area contributed by atoms with E-state index in [2.05, 4.69) is 22.8 Å². The Kier molecular flexibility index (Phi) is 5.54. The number of rotatable bonds is 6. The van der Waals surface area contributed by atoms with Gasteiger partial charge in [-0.3, -0.25) is 4.57 Å². The summed E-state index contributed by atoms with van der Waals surface area (Å²) in [5.74, 6) is 1.54. The molecule has 0 saturated carbocycles. The van der Waals surface area contributed by atoms with E-state index in [1.807, 2.05) is 59.2 Å². The topological polar surface area (TPSA) is 54.5 Å². The van der Waals surface area contributed by atoms with Gasteiger partial charge in [-0.05, 0) is 42.0 Å². The van der Waals surface area contributed by atoms with Crippen LogP contribution >= 0.6 is 23.4 Å². The summed E-state index contributed by atoms with van der Waals surface area (Å²) in [5.41, 5.74) is 2.75. The molecule has 0 aliphatic carbocycles. The molecule has 0 atom stereocenters. The molecule has 3 aromatic rings. The fourth-order valence-corrected chi connectivity index (χ4v) is 3.35. The van der Waals surface area contributed by atoms with Crippen LogP contribution in [-0.2, 0) is 12.3 Å². The highest BCUT2D eigenvalue weighted by atomic mass is 35.5. The highest BCUT2D eigenvalue weighted by Crippen LogP contribution is 2.27. The van der Waals surface area contributed by atoms with Gasteiger partial charge in [0.1, 0.15) is 0 Å². The van der Waals surface area contributed by atoms with Crippen molar-refractivity contribution in [3.63, 3.8) is 0 Å². The van der Waals surface area contributed by atoms with Crippen LogP contribution in [0, 0.1) is 11.3 Å². The summed E-state index contributed by atoms with van der Waals surface area (Å²) >= 11 is 7.57. The summed E-state index contributed by atoms with van der Waals surface area (Å²) in [6.45, 7) is 4.45. The summed E-state index contributed by atoms with van der Waals surface area (Å²) in [6.07, 6.45) is 1.83. The summed E-state index contributed by atoms with van der Waals surface area (Å²) in [4.78, 5) is 0. The van der Waals surface area contributed by atoms with Gasteiger partial charge in [0.25, 0.3) is 0 Å². The van der Waals surface area contributed by atoms with Crippen molar-refractivity contribution >= 4 is 23.4 Å². The zero-order valence-electron chi connectivity index (χ0n) is 13.4. The van der Waals surface area contributed by atoms with Gasteiger partial charge in [0, 0.05) is 22.9 Å². The van der Waals surface area contributed by atoms with Crippen LogP contribution in [0.4, 0.5) is 0 Å². The third-order valence-electron chi connectivity index (χ3n) is 3.58. The van der Waals surface area contributed by atoms with E-state index in [0.717, 1.165) is 27.9 Å². The lowest BCUT2D eigenvalue weighted by molar-refractivity contribution is 0.731. The lowest BCUT2D eigenvalue weighted by atomic mass is 10.2. The lowest BCUT2D eigenvalue weighted by Crippen LogP contribution is -2.00. The molecule has 0 aliphatic rings. The van der Waals surface area contributed by atoms with Crippen molar-refractivity contribution in [3.8, 4) is 17.5 Å². The predicted molar refractivity (Wildman–Crippen MR) is 101 cm³/mol. The standard InChI is InChI=1S/C19H15ClN4S/c1-2-11-24-18(16-7-9-17(20)10-8-16)22-23-19(24)25-13-15-5-3-14(12-21)4-6-15/h2-10H,1,11,13H2. The molecule has 0 aliphatic heterocycles. The number of nitriles is 1. The first-order chi connectivity index (χ1) is 12.2. The molecule has 0 amide bonds. The minimum atomic E-state index is 0.626. The Balaban J connectivity index is 1.82. The molecule has 3 rings (SSSR count). The number of hydrogen-bond donors (Lipinski definition) is 0. The number of halogens is 1. The molecule has 0 fully saturated rings. The number of hydrogen-bond acceptors (Lipinski definition) is 4. The Bertz CT molecular complexity index is 908. The van der Waals surface area contributed by atoms with Crippen LogP contribution in [0.2, 0.25) is 5.02 Å². The van der Waals surface area contributed by atoms with Gasteiger partial charge in [-0.15, -0.1) is 16.8 Å². The van der Waals surface area contributed by atoms with E-state index in [0.29, 0.717) is 17.1 Å². The van der Waals surface area contributed by atoms with E-state index < -0.39 is 0 Å². The van der Waals surface area contributed by atoms with Crippen LogP contribution in [0.25, 0.3) is 11.4 Å². The maximum atomic E-state index is 8.87. The molecule has 1 heterocycles. The van der Waals surface area contributed by atoms with Crippen LogP contribution in [-0.4, -0.2) is 14.8 Å². The van der Waals surface area contributed by atoms with Gasteiger partial charge in [0.15, 0.2) is 11.0 Å². The third kappa shape index (κ3) is 4.11. The van der Waals surface area contributed by atoms with E-state index in [9.17, 15) is 0 Å². The van der Waals surface area contributed by atoms with Gasteiger partial charge in [-0.1, -0.05) is 41.6 Å². The van der Waals surface area contributed by atoms with Crippen LogP contribution < -0.4 is 0 Å². The first-order valence-electron chi connectivity index (χ1n) is 7.63. The van der Waals surface area contributed by atoms with Crippen molar-refractivity contribution in [2.75, 3.05) is 0 Å². The van der Waals surface area contributed by atoms with E-state index in [-0.39, 0.29) is 0 Å². The molecule has 124 valence electrons. The van der Waals surface area contributed by atoms with E-state index >= 15 is 0 Å².